The second-order valence-corrected chi connectivity index (χ2v) is 7.32. The molecule has 0 fully saturated rings. The molecule has 0 radical (unpaired) electrons. The van der Waals surface area contributed by atoms with E-state index in [2.05, 4.69) is 69.7 Å². The molecule has 22 heavy (non-hydrogen) atoms. The van der Waals surface area contributed by atoms with Gasteiger partial charge in [0.2, 0.25) is 0 Å². The van der Waals surface area contributed by atoms with Gasteiger partial charge in [-0.25, -0.2) is 0 Å². The molecule has 2 N–H and O–H groups in total. The van der Waals surface area contributed by atoms with Crippen molar-refractivity contribution in [1.29, 1.82) is 0 Å². The highest BCUT2D eigenvalue weighted by Gasteiger charge is 2.28. The summed E-state index contributed by atoms with van der Waals surface area (Å²) in [6.45, 7) is 11.3. The van der Waals surface area contributed by atoms with E-state index in [1.807, 2.05) is 11.8 Å². The zero-order valence-electron chi connectivity index (χ0n) is 14.8. The summed E-state index contributed by atoms with van der Waals surface area (Å²) in [5.74, 6) is 0. The zero-order valence-corrected chi connectivity index (χ0v) is 15.7. The van der Waals surface area contributed by atoms with Crippen LogP contribution < -0.4 is 10.6 Å². The molecule has 0 spiro atoms. The maximum atomic E-state index is 3.78. The third kappa shape index (κ3) is 3.45. The lowest BCUT2D eigenvalue weighted by Gasteiger charge is -2.36. The van der Waals surface area contributed by atoms with Crippen molar-refractivity contribution in [2.24, 2.45) is 0 Å². The molecule has 2 unspecified atom stereocenters. The summed E-state index contributed by atoms with van der Waals surface area (Å²) in [5, 5.41) is 7.40. The number of hydrogen-bond donors (Lipinski definition) is 2. The van der Waals surface area contributed by atoms with Crippen LogP contribution in [-0.2, 0) is 0 Å². The number of rotatable bonds is 6. The normalized spacial score (nSPS) is 21.6. The molecular formula is C19H30N2S. The number of fused-ring (bicyclic) bond motifs is 1. The van der Waals surface area contributed by atoms with E-state index in [4.69, 9.17) is 0 Å². The van der Waals surface area contributed by atoms with E-state index in [9.17, 15) is 0 Å². The van der Waals surface area contributed by atoms with Gasteiger partial charge in [-0.2, -0.15) is 0 Å². The summed E-state index contributed by atoms with van der Waals surface area (Å²) in [6, 6.07) is 5.11. The summed E-state index contributed by atoms with van der Waals surface area (Å²) in [6.07, 6.45) is 7.89. The van der Waals surface area contributed by atoms with Crippen molar-refractivity contribution in [2.75, 3.05) is 16.9 Å². The molecule has 1 aliphatic heterocycles. The predicted molar refractivity (Wildman–Crippen MR) is 102 cm³/mol. The highest BCUT2D eigenvalue weighted by molar-refractivity contribution is 7.98. The largest absolute Gasteiger partial charge is 0.383 e. The summed E-state index contributed by atoms with van der Waals surface area (Å²) < 4.78 is 0. The number of hydrogen-bond acceptors (Lipinski definition) is 3. The third-order valence-corrected chi connectivity index (χ3v) is 5.47. The number of anilines is 2. The smallest absolute Gasteiger partial charge is 0.0562 e. The fraction of sp³-hybridized carbons (Fsp3) is 0.579. The average molecular weight is 319 g/mol. The fourth-order valence-electron chi connectivity index (χ4n) is 2.90. The molecule has 1 aromatic carbocycles. The second-order valence-electron chi connectivity index (χ2n) is 6.47. The van der Waals surface area contributed by atoms with Gasteiger partial charge in [-0.15, -0.1) is 11.8 Å². The van der Waals surface area contributed by atoms with Crippen LogP contribution in [0.15, 0.2) is 23.1 Å². The molecule has 2 nitrogen and oxygen atoms in total. The first-order chi connectivity index (χ1) is 10.5. The van der Waals surface area contributed by atoms with Crippen molar-refractivity contribution in [1.82, 2.24) is 0 Å². The molecule has 122 valence electrons. The second kappa shape index (κ2) is 6.99. The van der Waals surface area contributed by atoms with Crippen molar-refractivity contribution in [3.63, 3.8) is 0 Å². The Morgan fingerprint density at radius 2 is 2.00 bits per heavy atom. The molecule has 0 aliphatic carbocycles. The molecule has 0 aromatic heterocycles. The van der Waals surface area contributed by atoms with Gasteiger partial charge in [-0.05, 0) is 57.1 Å². The Balaban J connectivity index is 2.51. The highest BCUT2D eigenvalue weighted by atomic mass is 32.2. The van der Waals surface area contributed by atoms with Crippen molar-refractivity contribution in [3.8, 4) is 0 Å². The minimum atomic E-state index is 0.0640. The lowest BCUT2D eigenvalue weighted by Crippen LogP contribution is -2.35. The molecule has 2 rings (SSSR count). The van der Waals surface area contributed by atoms with Gasteiger partial charge < -0.3 is 10.6 Å². The monoisotopic (exact) mass is 318 g/mol. The molecule has 1 heterocycles. The maximum Gasteiger partial charge on any atom is 0.0562 e. The number of benzene rings is 1. The van der Waals surface area contributed by atoms with E-state index in [-0.39, 0.29) is 5.54 Å². The minimum absolute atomic E-state index is 0.0640. The first-order valence-corrected chi connectivity index (χ1v) is 9.67. The van der Waals surface area contributed by atoms with Gasteiger partial charge in [0, 0.05) is 22.2 Å². The van der Waals surface area contributed by atoms with Crippen LogP contribution in [0.2, 0.25) is 0 Å². The number of nitrogens with one attached hydrogen (secondary N) is 2. The molecular weight excluding hydrogens is 288 g/mol. The molecule has 1 aliphatic rings. The maximum absolute atomic E-state index is 3.78. The lowest BCUT2D eigenvalue weighted by molar-refractivity contribution is 0.605. The summed E-state index contributed by atoms with van der Waals surface area (Å²) >= 11 is 1.83. The Kier molecular flexibility index (Phi) is 5.49. The zero-order chi connectivity index (χ0) is 16.3. The molecule has 0 saturated carbocycles. The van der Waals surface area contributed by atoms with Crippen LogP contribution in [-0.4, -0.2) is 17.8 Å². The molecule has 3 heteroatoms. The van der Waals surface area contributed by atoms with Crippen molar-refractivity contribution >= 4 is 28.7 Å². The fourth-order valence-corrected chi connectivity index (χ4v) is 3.51. The van der Waals surface area contributed by atoms with Gasteiger partial charge in [-0.3, -0.25) is 0 Å². The Hall–Kier alpha value is -1.09. The van der Waals surface area contributed by atoms with Crippen LogP contribution in [0.5, 0.6) is 0 Å². The van der Waals surface area contributed by atoms with E-state index in [0.717, 1.165) is 19.3 Å². The highest BCUT2D eigenvalue weighted by Crippen LogP contribution is 2.43. The Morgan fingerprint density at radius 1 is 1.27 bits per heavy atom. The number of allylic oxidation sites excluding steroid dienone is 1. The van der Waals surface area contributed by atoms with E-state index < -0.39 is 0 Å². The van der Waals surface area contributed by atoms with Crippen LogP contribution in [0.4, 0.5) is 11.4 Å². The van der Waals surface area contributed by atoms with Crippen LogP contribution in [0.25, 0.3) is 5.57 Å². The third-order valence-electron chi connectivity index (χ3n) is 4.71. The quantitative estimate of drug-likeness (QED) is 0.628. The van der Waals surface area contributed by atoms with E-state index >= 15 is 0 Å². The first kappa shape index (κ1) is 17.3. The van der Waals surface area contributed by atoms with Crippen LogP contribution in [0.3, 0.4) is 0 Å². The van der Waals surface area contributed by atoms with E-state index in [1.165, 1.54) is 27.4 Å². The predicted octanol–water partition coefficient (Wildman–Crippen LogP) is 6.01. The van der Waals surface area contributed by atoms with Gasteiger partial charge in [0.25, 0.3) is 0 Å². The van der Waals surface area contributed by atoms with Crippen LogP contribution in [0.1, 0.15) is 59.4 Å². The van der Waals surface area contributed by atoms with Gasteiger partial charge in [0.15, 0.2) is 0 Å². The topological polar surface area (TPSA) is 24.1 Å². The standard InChI is InChI=1S/C19H30N2S/c1-7-13(4)20-15-10-16-14(8-2)12-19(5,9-3)21-18(16)17(11-15)22-6/h10-13,20-21H,7-9H2,1-6H3. The van der Waals surface area contributed by atoms with Crippen LogP contribution in [0, 0.1) is 0 Å². The van der Waals surface area contributed by atoms with Crippen molar-refractivity contribution in [2.45, 2.75) is 70.4 Å². The SMILES string of the molecule is CCC1=CC(C)(CC)Nc2c(SC)cc(NC(C)CC)cc21. The summed E-state index contributed by atoms with van der Waals surface area (Å²) in [7, 11) is 0. The summed E-state index contributed by atoms with van der Waals surface area (Å²) in [4.78, 5) is 1.34. The minimum Gasteiger partial charge on any atom is -0.383 e. The first-order valence-electron chi connectivity index (χ1n) is 8.45. The molecule has 2 atom stereocenters. The van der Waals surface area contributed by atoms with Crippen molar-refractivity contribution < 1.29 is 0 Å². The van der Waals surface area contributed by atoms with E-state index in [0.29, 0.717) is 6.04 Å². The van der Waals surface area contributed by atoms with Gasteiger partial charge in [-0.1, -0.05) is 26.8 Å². The van der Waals surface area contributed by atoms with Crippen molar-refractivity contribution in [3.05, 3.63) is 23.8 Å². The molecule has 1 aromatic rings. The van der Waals surface area contributed by atoms with Crippen LogP contribution >= 0.6 is 11.8 Å². The van der Waals surface area contributed by atoms with Gasteiger partial charge >= 0.3 is 0 Å². The number of thioether (sulfide) groups is 1. The van der Waals surface area contributed by atoms with Gasteiger partial charge in [0.1, 0.15) is 0 Å². The summed E-state index contributed by atoms with van der Waals surface area (Å²) in [5.41, 5.74) is 5.44. The molecule has 0 saturated heterocycles. The Morgan fingerprint density at radius 3 is 2.55 bits per heavy atom. The lowest BCUT2D eigenvalue weighted by atomic mass is 9.86. The van der Waals surface area contributed by atoms with Gasteiger partial charge in [0.05, 0.1) is 11.2 Å². The van der Waals surface area contributed by atoms with E-state index in [1.54, 1.807) is 0 Å². The molecule has 0 amide bonds. The molecule has 0 bridgehead atoms. The average Bonchev–Trinajstić information content (AvgIpc) is 2.53. The Bertz CT molecular complexity index is 565. The Labute approximate surface area is 140 Å².